The first-order valence-electron chi connectivity index (χ1n) is 7.75. The minimum Gasteiger partial charge on any atom is -0.398 e. The van der Waals surface area contributed by atoms with Crippen LogP contribution in [0.15, 0.2) is 36.4 Å². The summed E-state index contributed by atoms with van der Waals surface area (Å²) in [5.41, 5.74) is 11.9. The Bertz CT molecular complexity index is 783. The van der Waals surface area contributed by atoms with Crippen LogP contribution in [0.1, 0.15) is 24.5 Å². The third-order valence-corrected chi connectivity index (χ3v) is 5.00. The molecular weight excluding hydrogens is 308 g/mol. The van der Waals surface area contributed by atoms with E-state index < -0.39 is 0 Å². The van der Waals surface area contributed by atoms with E-state index in [9.17, 15) is 4.79 Å². The van der Waals surface area contributed by atoms with Crippen LogP contribution in [-0.4, -0.2) is 10.8 Å². The molecular formula is C19H21ClN2O. The Morgan fingerprint density at radius 3 is 2.48 bits per heavy atom. The molecule has 120 valence electrons. The number of benzene rings is 2. The van der Waals surface area contributed by atoms with Gasteiger partial charge in [-0.3, -0.25) is 4.79 Å². The summed E-state index contributed by atoms with van der Waals surface area (Å²) in [5.74, 6) is -0.121. The number of nitrogens with two attached hydrogens (primary N) is 1. The largest absolute Gasteiger partial charge is 0.398 e. The number of nitrogen functional groups attached to an aromatic ring is 1. The number of hydrogen-bond donors (Lipinski definition) is 2. The summed E-state index contributed by atoms with van der Waals surface area (Å²) in [7, 11) is 0. The van der Waals surface area contributed by atoms with Gasteiger partial charge in [0, 0.05) is 11.4 Å². The molecule has 2 unspecified atom stereocenters. The van der Waals surface area contributed by atoms with Gasteiger partial charge in [0.25, 0.3) is 0 Å². The van der Waals surface area contributed by atoms with Crippen LogP contribution in [0.25, 0.3) is 11.1 Å². The fourth-order valence-electron chi connectivity index (χ4n) is 2.75. The van der Waals surface area contributed by atoms with Gasteiger partial charge < -0.3 is 11.1 Å². The van der Waals surface area contributed by atoms with Gasteiger partial charge in [0.2, 0.25) is 5.91 Å². The Labute approximate surface area is 141 Å². The van der Waals surface area contributed by atoms with Gasteiger partial charge in [-0.25, -0.2) is 0 Å². The minimum absolute atomic E-state index is 0.0132. The summed E-state index contributed by atoms with van der Waals surface area (Å²) >= 11 is 6.18. The summed E-state index contributed by atoms with van der Waals surface area (Å²) in [6.45, 7) is 5.93. The highest BCUT2D eigenvalue weighted by Crippen LogP contribution is 2.49. The summed E-state index contributed by atoms with van der Waals surface area (Å²) in [6, 6.07) is 12.0. The molecule has 2 aromatic rings. The van der Waals surface area contributed by atoms with Crippen LogP contribution in [0.5, 0.6) is 0 Å². The van der Waals surface area contributed by atoms with E-state index in [0.29, 0.717) is 0 Å². The molecule has 1 aliphatic carbocycles. The number of hydrogen-bond acceptors (Lipinski definition) is 2. The van der Waals surface area contributed by atoms with Gasteiger partial charge in [0.05, 0.1) is 10.8 Å². The van der Waals surface area contributed by atoms with Gasteiger partial charge in [-0.15, -0.1) is 11.6 Å². The summed E-state index contributed by atoms with van der Waals surface area (Å²) in [4.78, 5) is 11.8. The van der Waals surface area contributed by atoms with Gasteiger partial charge in [-0.05, 0) is 67.6 Å². The predicted molar refractivity (Wildman–Crippen MR) is 96.8 cm³/mol. The van der Waals surface area contributed by atoms with E-state index in [2.05, 4.69) is 11.4 Å². The van der Waals surface area contributed by atoms with Gasteiger partial charge in [0.1, 0.15) is 0 Å². The number of alkyl halides is 1. The topological polar surface area (TPSA) is 55.1 Å². The molecule has 3 nitrogen and oxygen atoms in total. The molecule has 1 saturated carbocycles. The fourth-order valence-corrected chi connectivity index (χ4v) is 3.01. The Balaban J connectivity index is 1.87. The molecule has 0 saturated heterocycles. The summed E-state index contributed by atoms with van der Waals surface area (Å²) in [6.07, 6.45) is 0.730. The first kappa shape index (κ1) is 15.9. The van der Waals surface area contributed by atoms with Gasteiger partial charge in [-0.1, -0.05) is 18.2 Å². The van der Waals surface area contributed by atoms with E-state index in [1.165, 1.54) is 0 Å². The van der Waals surface area contributed by atoms with Crippen LogP contribution in [0, 0.1) is 19.8 Å². The van der Waals surface area contributed by atoms with Crippen molar-refractivity contribution in [1.29, 1.82) is 0 Å². The van der Waals surface area contributed by atoms with Crippen LogP contribution >= 0.6 is 11.6 Å². The molecule has 1 amide bonds. The minimum atomic E-state index is -0.386. The van der Waals surface area contributed by atoms with Crippen LogP contribution < -0.4 is 11.1 Å². The average Bonchev–Trinajstić information content (AvgIpc) is 3.13. The van der Waals surface area contributed by atoms with Crippen molar-refractivity contribution in [2.24, 2.45) is 5.92 Å². The number of anilines is 2. The van der Waals surface area contributed by atoms with E-state index in [1.807, 2.05) is 51.1 Å². The van der Waals surface area contributed by atoms with Crippen molar-refractivity contribution >= 4 is 28.9 Å². The molecule has 1 fully saturated rings. The third-order valence-electron chi connectivity index (χ3n) is 4.58. The maximum Gasteiger partial charge on any atom is 0.229 e. The number of nitrogens with one attached hydrogen (secondary N) is 1. The third kappa shape index (κ3) is 3.20. The predicted octanol–water partition coefficient (Wildman–Crippen LogP) is 4.51. The normalized spacial score (nSPS) is 22.7. The van der Waals surface area contributed by atoms with Crippen molar-refractivity contribution in [3.8, 4) is 11.1 Å². The fraction of sp³-hybridized carbons (Fsp3) is 0.316. The van der Waals surface area contributed by atoms with Gasteiger partial charge in [-0.2, -0.15) is 0 Å². The zero-order valence-electron chi connectivity index (χ0n) is 13.6. The highest BCUT2D eigenvalue weighted by Gasteiger charge is 2.53. The molecule has 0 bridgehead atoms. The van der Waals surface area contributed by atoms with Crippen LogP contribution in [0.4, 0.5) is 11.4 Å². The van der Waals surface area contributed by atoms with E-state index in [1.54, 1.807) is 0 Å². The molecule has 1 aliphatic rings. The van der Waals surface area contributed by atoms with Crippen molar-refractivity contribution in [3.63, 3.8) is 0 Å². The Kier molecular flexibility index (Phi) is 3.85. The van der Waals surface area contributed by atoms with Gasteiger partial charge >= 0.3 is 0 Å². The Morgan fingerprint density at radius 1 is 1.22 bits per heavy atom. The van der Waals surface area contributed by atoms with Crippen molar-refractivity contribution in [2.75, 3.05) is 11.1 Å². The molecule has 0 radical (unpaired) electrons. The standard InChI is InChI=1S/C19H21ClN2O/c1-11-5-7-14(22-18(23)16-10-19(16,3)20)9-15(11)13-6-4-12(2)17(21)8-13/h4-9,16H,10,21H2,1-3H3,(H,22,23). The van der Waals surface area contributed by atoms with Crippen LogP contribution in [0.2, 0.25) is 0 Å². The first-order chi connectivity index (χ1) is 10.8. The molecule has 4 heteroatoms. The molecule has 0 heterocycles. The zero-order valence-corrected chi connectivity index (χ0v) is 14.4. The van der Waals surface area contributed by atoms with Crippen molar-refractivity contribution in [2.45, 2.75) is 32.1 Å². The van der Waals surface area contributed by atoms with Crippen molar-refractivity contribution in [3.05, 3.63) is 47.5 Å². The summed E-state index contributed by atoms with van der Waals surface area (Å²) < 4.78 is 0. The SMILES string of the molecule is Cc1ccc(-c2cc(NC(=O)C3CC3(C)Cl)ccc2C)cc1N. The number of amides is 1. The smallest absolute Gasteiger partial charge is 0.229 e. The number of carbonyl (C=O) groups is 1. The number of halogens is 1. The number of aryl methyl sites for hydroxylation is 2. The second-order valence-corrected chi connectivity index (χ2v) is 7.49. The Morgan fingerprint density at radius 2 is 1.87 bits per heavy atom. The molecule has 2 atom stereocenters. The summed E-state index contributed by atoms with van der Waals surface area (Å²) in [5, 5.41) is 2.97. The monoisotopic (exact) mass is 328 g/mol. The molecule has 0 aromatic heterocycles. The molecule has 2 aromatic carbocycles. The zero-order chi connectivity index (χ0) is 16.8. The molecule has 0 aliphatic heterocycles. The van der Waals surface area contributed by atoms with E-state index in [0.717, 1.165) is 40.0 Å². The van der Waals surface area contributed by atoms with E-state index in [4.69, 9.17) is 17.3 Å². The first-order valence-corrected chi connectivity index (χ1v) is 8.12. The van der Waals surface area contributed by atoms with Crippen molar-refractivity contribution < 1.29 is 4.79 Å². The maximum absolute atomic E-state index is 12.2. The lowest BCUT2D eigenvalue weighted by atomic mass is 9.98. The van der Waals surface area contributed by atoms with E-state index >= 15 is 0 Å². The van der Waals surface area contributed by atoms with Gasteiger partial charge in [0.15, 0.2) is 0 Å². The van der Waals surface area contributed by atoms with Crippen LogP contribution in [-0.2, 0) is 4.79 Å². The Hall–Kier alpha value is -2.00. The lowest BCUT2D eigenvalue weighted by molar-refractivity contribution is -0.117. The number of carbonyl (C=O) groups excluding carboxylic acids is 1. The molecule has 23 heavy (non-hydrogen) atoms. The lowest BCUT2D eigenvalue weighted by Gasteiger charge is -2.12. The van der Waals surface area contributed by atoms with Crippen LogP contribution in [0.3, 0.4) is 0 Å². The number of rotatable bonds is 3. The van der Waals surface area contributed by atoms with Crippen molar-refractivity contribution in [1.82, 2.24) is 0 Å². The van der Waals surface area contributed by atoms with E-state index in [-0.39, 0.29) is 16.7 Å². The second kappa shape index (κ2) is 5.57. The second-order valence-electron chi connectivity index (χ2n) is 6.63. The molecule has 0 spiro atoms. The quantitative estimate of drug-likeness (QED) is 0.643. The highest BCUT2D eigenvalue weighted by molar-refractivity contribution is 6.28. The maximum atomic E-state index is 12.2. The molecule has 3 rings (SSSR count). The highest BCUT2D eigenvalue weighted by atomic mass is 35.5. The lowest BCUT2D eigenvalue weighted by Crippen LogP contribution is -2.17. The molecule has 3 N–H and O–H groups in total. The average molecular weight is 329 g/mol.